The molecular weight excluding hydrogens is 232 g/mol. The molecule has 1 N–H and O–H groups in total. The molecule has 1 aliphatic carbocycles. The molecule has 3 rings (SSSR count). The largest absolute Gasteiger partial charge is 0.320 e. The Hall–Kier alpha value is -0.870. The molecule has 0 spiro atoms. The highest BCUT2D eigenvalue weighted by Crippen LogP contribution is 2.47. The highest BCUT2D eigenvalue weighted by molar-refractivity contribution is 7.12. The van der Waals surface area contributed by atoms with Crippen LogP contribution in [-0.2, 0) is 4.79 Å². The third kappa shape index (κ3) is 2.11. The predicted octanol–water partition coefficient (Wildman–Crippen LogP) is 2.29. The zero-order chi connectivity index (χ0) is 12.0. The van der Waals surface area contributed by atoms with Crippen LogP contribution in [-0.4, -0.2) is 23.9 Å². The van der Waals surface area contributed by atoms with Gasteiger partial charge in [-0.15, -0.1) is 11.3 Å². The Labute approximate surface area is 106 Å². The van der Waals surface area contributed by atoms with Gasteiger partial charge >= 0.3 is 0 Å². The summed E-state index contributed by atoms with van der Waals surface area (Å²) in [4.78, 5) is 16.5. The Balaban J connectivity index is 1.81. The summed E-state index contributed by atoms with van der Waals surface area (Å²) in [7, 11) is 0. The van der Waals surface area contributed by atoms with Crippen LogP contribution < -0.4 is 5.32 Å². The second-order valence-electron chi connectivity index (χ2n) is 5.56. The summed E-state index contributed by atoms with van der Waals surface area (Å²) in [6.45, 7) is 5.77. The lowest BCUT2D eigenvalue weighted by molar-refractivity contribution is -0.128. The fourth-order valence-electron chi connectivity index (χ4n) is 2.36. The number of hydrogen-bond acceptors (Lipinski definition) is 3. The Kier molecular flexibility index (Phi) is 2.52. The lowest BCUT2D eigenvalue weighted by Gasteiger charge is -2.26. The van der Waals surface area contributed by atoms with Crippen LogP contribution in [0.2, 0.25) is 0 Å². The van der Waals surface area contributed by atoms with E-state index in [4.69, 9.17) is 0 Å². The molecule has 1 saturated heterocycles. The number of aryl methyl sites for hydroxylation is 1. The van der Waals surface area contributed by atoms with Crippen LogP contribution in [0.3, 0.4) is 0 Å². The molecule has 2 fully saturated rings. The first kappa shape index (κ1) is 11.2. The van der Waals surface area contributed by atoms with E-state index in [1.165, 1.54) is 22.6 Å². The molecule has 1 aromatic rings. The average Bonchev–Trinajstić information content (AvgIpc) is 2.69. The molecule has 3 nitrogen and oxygen atoms in total. The van der Waals surface area contributed by atoms with E-state index in [1.54, 1.807) is 11.3 Å². The summed E-state index contributed by atoms with van der Waals surface area (Å²) in [5.74, 6) is 0.245. The normalized spacial score (nSPS) is 26.6. The smallest absolute Gasteiger partial charge is 0.238 e. The monoisotopic (exact) mass is 250 g/mol. The Morgan fingerprint density at radius 3 is 2.88 bits per heavy atom. The van der Waals surface area contributed by atoms with Gasteiger partial charge in [0, 0.05) is 16.3 Å². The van der Waals surface area contributed by atoms with Crippen LogP contribution in [0.25, 0.3) is 0 Å². The quantitative estimate of drug-likeness (QED) is 0.892. The van der Waals surface area contributed by atoms with Crippen molar-refractivity contribution in [2.45, 2.75) is 32.9 Å². The van der Waals surface area contributed by atoms with E-state index in [0.29, 0.717) is 12.0 Å². The fourth-order valence-corrected chi connectivity index (χ4v) is 3.32. The van der Waals surface area contributed by atoms with E-state index in [2.05, 4.69) is 31.3 Å². The third-order valence-corrected chi connectivity index (χ3v) is 4.82. The number of amides is 1. The topological polar surface area (TPSA) is 32.3 Å². The molecule has 17 heavy (non-hydrogen) atoms. The van der Waals surface area contributed by atoms with E-state index in [1.807, 2.05) is 4.90 Å². The molecule has 1 atom stereocenters. The Morgan fingerprint density at radius 1 is 1.53 bits per heavy atom. The molecule has 92 valence electrons. The number of rotatable bonds is 3. The molecule has 4 heteroatoms. The van der Waals surface area contributed by atoms with Crippen molar-refractivity contribution in [3.05, 3.63) is 21.9 Å². The predicted molar refractivity (Wildman–Crippen MR) is 68.9 cm³/mol. The van der Waals surface area contributed by atoms with Gasteiger partial charge in [0.2, 0.25) is 5.91 Å². The number of nitrogens with zero attached hydrogens (tertiary/aromatic N) is 1. The van der Waals surface area contributed by atoms with Crippen molar-refractivity contribution in [3.63, 3.8) is 0 Å². The molecule has 0 bridgehead atoms. The minimum atomic E-state index is 0.110. The molecule has 0 radical (unpaired) electrons. The van der Waals surface area contributed by atoms with Crippen molar-refractivity contribution in [2.75, 3.05) is 13.1 Å². The van der Waals surface area contributed by atoms with Crippen molar-refractivity contribution in [1.82, 2.24) is 10.2 Å². The highest BCUT2D eigenvalue weighted by Gasteiger charge is 2.43. The zero-order valence-electron chi connectivity index (χ0n) is 10.3. The van der Waals surface area contributed by atoms with Crippen molar-refractivity contribution in [3.8, 4) is 0 Å². The number of nitrogens with one attached hydrogen (secondary N) is 1. The number of carbonyl (C=O) groups is 1. The summed E-state index contributed by atoms with van der Waals surface area (Å²) < 4.78 is 0. The Bertz CT molecular complexity index is 450. The lowest BCUT2D eigenvalue weighted by Crippen LogP contribution is -2.34. The van der Waals surface area contributed by atoms with Crippen molar-refractivity contribution in [2.24, 2.45) is 5.41 Å². The number of thiophene rings is 1. The molecule has 1 amide bonds. The molecule has 1 unspecified atom stereocenters. The van der Waals surface area contributed by atoms with Crippen LogP contribution in [0.5, 0.6) is 0 Å². The van der Waals surface area contributed by atoms with Crippen molar-refractivity contribution in [1.29, 1.82) is 0 Å². The van der Waals surface area contributed by atoms with E-state index in [9.17, 15) is 4.79 Å². The van der Waals surface area contributed by atoms with Gasteiger partial charge in [-0.2, -0.15) is 0 Å². The van der Waals surface area contributed by atoms with Crippen LogP contribution in [0, 0.1) is 12.3 Å². The second-order valence-corrected chi connectivity index (χ2v) is 6.88. The first-order chi connectivity index (χ1) is 8.07. The van der Waals surface area contributed by atoms with Gasteiger partial charge in [-0.05, 0) is 37.3 Å². The standard InChI is InChI=1S/C13H18N2OS/c1-9-3-4-10(17-9)12-14-7-11(16)15(12)8-13(2)5-6-13/h3-4,12,14H,5-8H2,1-2H3. The van der Waals surface area contributed by atoms with Crippen molar-refractivity contribution >= 4 is 17.2 Å². The van der Waals surface area contributed by atoms with Gasteiger partial charge in [-0.1, -0.05) is 6.92 Å². The highest BCUT2D eigenvalue weighted by atomic mass is 32.1. The summed E-state index contributed by atoms with van der Waals surface area (Å²) >= 11 is 1.78. The Morgan fingerprint density at radius 2 is 2.29 bits per heavy atom. The van der Waals surface area contributed by atoms with E-state index >= 15 is 0 Å². The number of carbonyl (C=O) groups excluding carboxylic acids is 1. The van der Waals surface area contributed by atoms with Gasteiger partial charge in [0.25, 0.3) is 0 Å². The third-order valence-electron chi connectivity index (χ3n) is 3.76. The maximum atomic E-state index is 11.9. The van der Waals surface area contributed by atoms with Crippen LogP contribution in [0.1, 0.15) is 35.7 Å². The van der Waals surface area contributed by atoms with E-state index in [-0.39, 0.29) is 12.1 Å². The van der Waals surface area contributed by atoms with Crippen LogP contribution >= 0.6 is 11.3 Å². The fraction of sp³-hybridized carbons (Fsp3) is 0.615. The van der Waals surface area contributed by atoms with Gasteiger partial charge < -0.3 is 4.90 Å². The summed E-state index contributed by atoms with van der Waals surface area (Å²) in [6, 6.07) is 4.26. The molecule has 2 heterocycles. The average molecular weight is 250 g/mol. The van der Waals surface area contributed by atoms with Gasteiger partial charge in [0.05, 0.1) is 6.54 Å². The molecule has 2 aliphatic rings. The van der Waals surface area contributed by atoms with Crippen molar-refractivity contribution < 1.29 is 4.79 Å². The lowest BCUT2D eigenvalue weighted by atomic mass is 10.1. The second kappa shape index (κ2) is 3.82. The summed E-state index contributed by atoms with van der Waals surface area (Å²) in [6.07, 6.45) is 2.62. The molecular formula is C13H18N2OS. The van der Waals surface area contributed by atoms with Gasteiger partial charge in [-0.25, -0.2) is 0 Å². The minimum absolute atomic E-state index is 0.110. The zero-order valence-corrected chi connectivity index (χ0v) is 11.1. The minimum Gasteiger partial charge on any atom is -0.320 e. The first-order valence-electron chi connectivity index (χ1n) is 6.17. The van der Waals surface area contributed by atoms with Gasteiger partial charge in [0.1, 0.15) is 6.17 Å². The maximum Gasteiger partial charge on any atom is 0.238 e. The van der Waals surface area contributed by atoms with Crippen LogP contribution in [0.4, 0.5) is 0 Å². The molecule has 1 saturated carbocycles. The SMILES string of the molecule is Cc1ccc(C2NCC(=O)N2CC2(C)CC2)s1. The first-order valence-corrected chi connectivity index (χ1v) is 6.98. The van der Waals surface area contributed by atoms with Gasteiger partial charge in [0.15, 0.2) is 0 Å². The van der Waals surface area contributed by atoms with Gasteiger partial charge in [-0.3, -0.25) is 10.1 Å². The maximum absolute atomic E-state index is 11.9. The molecule has 0 aromatic carbocycles. The van der Waals surface area contributed by atoms with Crippen LogP contribution in [0.15, 0.2) is 12.1 Å². The molecule has 1 aliphatic heterocycles. The molecule has 1 aromatic heterocycles. The summed E-state index contributed by atoms with van der Waals surface area (Å²) in [5, 5.41) is 3.32. The van der Waals surface area contributed by atoms with E-state index < -0.39 is 0 Å². The number of hydrogen-bond donors (Lipinski definition) is 1. The van der Waals surface area contributed by atoms with E-state index in [0.717, 1.165) is 6.54 Å². The summed E-state index contributed by atoms with van der Waals surface area (Å²) in [5.41, 5.74) is 0.381.